The summed E-state index contributed by atoms with van der Waals surface area (Å²) in [5.41, 5.74) is 45.6. The van der Waals surface area contributed by atoms with Crippen molar-refractivity contribution >= 4 is 132 Å². The topological polar surface area (TPSA) is 678 Å². The molecule has 0 saturated heterocycles. The Balaban J connectivity index is 2.39. The molecule has 0 unspecified atom stereocenters. The maximum atomic E-state index is 14.5. The Morgan fingerprint density at radius 3 is 1.26 bits per heavy atom. The highest BCUT2D eigenvalue weighted by Crippen LogP contribution is 2.15. The third-order valence-electron chi connectivity index (χ3n) is 17.4. The largest absolute Gasteiger partial charge is 0.481 e. The van der Waals surface area contributed by atoms with Crippen LogP contribution in [0.2, 0.25) is 0 Å². The van der Waals surface area contributed by atoms with Gasteiger partial charge in [-0.2, -0.15) is 25.3 Å². The zero-order valence-corrected chi connectivity index (χ0v) is 65.5. The van der Waals surface area contributed by atoms with E-state index in [2.05, 4.69) is 109 Å². The minimum Gasteiger partial charge on any atom is -0.481 e. The lowest BCUT2D eigenvalue weighted by molar-refractivity contribution is -0.142. The van der Waals surface area contributed by atoms with E-state index in [4.69, 9.17) is 45.9 Å². The summed E-state index contributed by atoms with van der Waals surface area (Å²) < 4.78 is 0. The van der Waals surface area contributed by atoms with E-state index in [1.165, 1.54) is 6.92 Å². The first-order chi connectivity index (χ1) is 53.1. The minimum atomic E-state index is -1.96. The zero-order valence-electron chi connectivity index (χ0n) is 63.7. The van der Waals surface area contributed by atoms with Gasteiger partial charge in [0.25, 0.3) is 0 Å². The number of carbonyl (C=O) groups is 15. The lowest BCUT2D eigenvalue weighted by Crippen LogP contribution is -2.62. The maximum Gasteiger partial charge on any atom is 0.305 e. The van der Waals surface area contributed by atoms with Crippen LogP contribution in [0.25, 0.3) is 0 Å². The summed E-state index contributed by atoms with van der Waals surface area (Å²) in [6.45, 7) is 6.66. The van der Waals surface area contributed by atoms with Gasteiger partial charge in [-0.25, -0.2) is 0 Å². The van der Waals surface area contributed by atoms with Gasteiger partial charge in [0.15, 0.2) is 17.9 Å². The molecule has 0 aliphatic carbocycles. The number of carbonyl (C=O) groups excluding carboxylic acids is 14. The second-order valence-corrected chi connectivity index (χ2v) is 27.2. The standard InChI is InChI=1S/C70H114N24O16S2/c1-6-38(3)55(93-60(103)45(24-16-28-80-69(75)76)86-53(97)34-82-52(96)33-83-59(102)47(30-41-18-10-8-11-19-41)88-57(100)40(5)84-64(107)50(36-111)91-58(101)44(72)23-14-26-71)66(109)90-49(32-54(98)99)63(106)87-46(25-17-29-81-70(77)78)61(104)94-56(39(4)7-2)67(110)92-51(37-112)65(108)89-48(31-42-20-12-9-13-21-42)62(105)85-43(35-95)22-15-27-79-68(73)74/h8-13,18-21,35,38-40,43-51,55-56,111-112H,6-7,14-17,22-34,36-37,71-72H2,1-5H3,(H,82,96)(H,83,102)(H,84,107)(H,85,105)(H,86,97)(H,87,106)(H,88,100)(H,89,108)(H,90,109)(H,91,101)(H,92,110)(H,93,103)(H,94,104)(H,98,99)(H4,73,74,79)(H4,75,76,80)(H4,77,78,81)/t38-,39-,40+,43-,44-,45-,46-,47-,48-,49-,50-,51-,55-,56-/m0/s1. The summed E-state index contributed by atoms with van der Waals surface area (Å²) in [6, 6.07) is 0.532. The van der Waals surface area contributed by atoms with Crippen molar-refractivity contribution in [3.63, 3.8) is 0 Å². The Bertz CT molecular complexity index is 3520. The van der Waals surface area contributed by atoms with Crippen LogP contribution < -0.4 is 115 Å². The number of carboxylic acids is 1. The van der Waals surface area contributed by atoms with Gasteiger partial charge in [-0.3, -0.25) is 82.1 Å². The third-order valence-corrected chi connectivity index (χ3v) is 18.1. The van der Waals surface area contributed by atoms with Crippen molar-refractivity contribution in [2.24, 2.45) is 72.7 Å². The van der Waals surface area contributed by atoms with E-state index in [9.17, 15) is 77.0 Å². The van der Waals surface area contributed by atoms with Gasteiger partial charge < -0.3 is 125 Å². The van der Waals surface area contributed by atoms with E-state index in [0.717, 1.165) is 0 Å². The van der Waals surface area contributed by atoms with Crippen molar-refractivity contribution in [2.45, 2.75) is 191 Å². The molecule has 0 bridgehead atoms. The monoisotopic (exact) mass is 1610 g/mol. The Morgan fingerprint density at radius 2 is 0.812 bits per heavy atom. The highest BCUT2D eigenvalue weighted by molar-refractivity contribution is 7.80. The van der Waals surface area contributed by atoms with Gasteiger partial charge in [0.2, 0.25) is 76.8 Å². The number of guanidine groups is 3. The molecule has 13 amide bonds. The molecule has 0 aromatic heterocycles. The van der Waals surface area contributed by atoms with E-state index in [-0.39, 0.29) is 113 Å². The summed E-state index contributed by atoms with van der Waals surface area (Å²) in [4.78, 5) is 216. The lowest BCUT2D eigenvalue weighted by atomic mass is 9.96. The Hall–Kier alpha value is -10.9. The molecule has 0 fully saturated rings. The van der Waals surface area contributed by atoms with E-state index >= 15 is 0 Å². The minimum absolute atomic E-state index is 0.00415. The molecule has 0 heterocycles. The zero-order chi connectivity index (χ0) is 84.0. The number of aliphatic carboxylic acids is 1. The van der Waals surface area contributed by atoms with Crippen LogP contribution in [0.1, 0.15) is 116 Å². The average Bonchev–Trinajstić information content (AvgIpc) is 0.831. The van der Waals surface area contributed by atoms with Crippen LogP contribution in [-0.4, -0.2) is 235 Å². The van der Waals surface area contributed by atoms with Crippen LogP contribution in [0.4, 0.5) is 0 Å². The highest BCUT2D eigenvalue weighted by Gasteiger charge is 2.38. The van der Waals surface area contributed by atoms with Crippen molar-refractivity contribution in [2.75, 3.05) is 50.8 Å². The summed E-state index contributed by atoms with van der Waals surface area (Å²) >= 11 is 8.48. The number of thiol groups is 2. The molecule has 42 heteroatoms. The third kappa shape index (κ3) is 38.2. The predicted octanol–water partition coefficient (Wildman–Crippen LogP) is -7.09. The molecule has 2 rings (SSSR count). The first-order valence-electron chi connectivity index (χ1n) is 36.6. The van der Waals surface area contributed by atoms with Gasteiger partial charge in [0, 0.05) is 44.0 Å². The number of nitrogens with two attached hydrogens (primary N) is 8. The van der Waals surface area contributed by atoms with E-state index in [1.807, 2.05) is 0 Å². The molecule has 2 aromatic rings. The van der Waals surface area contributed by atoms with Crippen LogP contribution in [0.5, 0.6) is 0 Å². The number of nitrogens with zero attached hydrogens (tertiary/aromatic N) is 3. The maximum absolute atomic E-state index is 14.5. The first kappa shape index (κ1) is 97.2. The fourth-order valence-corrected chi connectivity index (χ4v) is 11.1. The summed E-state index contributed by atoms with van der Waals surface area (Å²) in [5.74, 6) is -16.0. The highest BCUT2D eigenvalue weighted by atomic mass is 32.1. The number of aldehydes is 1. The molecule has 30 N–H and O–H groups in total. The van der Waals surface area contributed by atoms with Crippen LogP contribution >= 0.6 is 25.3 Å². The molecule has 2 aromatic carbocycles. The molecular weight excluding hydrogens is 1500 g/mol. The Kier molecular flexibility index (Phi) is 46.1. The molecule has 0 aliphatic rings. The normalized spacial score (nSPS) is 14.6. The summed E-state index contributed by atoms with van der Waals surface area (Å²) in [6.07, 6.45) is 0.524. The molecule has 14 atom stereocenters. The van der Waals surface area contributed by atoms with E-state index in [1.54, 1.807) is 88.4 Å². The van der Waals surface area contributed by atoms with Gasteiger partial charge in [-0.05, 0) is 87.8 Å². The number of hydrogen-bond acceptors (Lipinski definition) is 22. The SMILES string of the molecule is CC[C@H](C)[C@H](NC(=O)[C@H](CCCN=C(N)N)NC(=O)CNC(=O)CNC(=O)[C@H](Cc1ccccc1)NC(=O)[C@@H](C)NC(=O)[C@H](CS)NC(=O)[C@@H](N)CCCN)C(=O)N[C@@H](CC(=O)O)C(=O)N[C@@H](CCCN=C(N)N)C(=O)N[C@H](C(=O)N[C@@H](CS)C(=O)N[C@@H](Cc1ccccc1)C(=O)N[C@H](C=O)CCCN=C(N)N)[C@@H](C)CC. The van der Waals surface area contributed by atoms with E-state index < -0.39 is 187 Å². The van der Waals surface area contributed by atoms with Gasteiger partial charge in [0.1, 0.15) is 66.7 Å². The predicted molar refractivity (Wildman–Crippen MR) is 424 cm³/mol. The molecule has 112 heavy (non-hydrogen) atoms. The number of nitrogens with one attached hydrogen (secondary N) is 13. The van der Waals surface area contributed by atoms with Crippen LogP contribution in [0, 0.1) is 11.8 Å². The summed E-state index contributed by atoms with van der Waals surface area (Å²) in [7, 11) is 0. The van der Waals surface area contributed by atoms with Crippen molar-refractivity contribution < 1.29 is 77.0 Å². The van der Waals surface area contributed by atoms with Crippen molar-refractivity contribution in [1.82, 2.24) is 69.1 Å². The smallest absolute Gasteiger partial charge is 0.305 e. The summed E-state index contributed by atoms with van der Waals surface area (Å²) in [5, 5.41) is 42.8. The van der Waals surface area contributed by atoms with Crippen LogP contribution in [-0.2, 0) is 84.8 Å². The van der Waals surface area contributed by atoms with Gasteiger partial charge in [0.05, 0.1) is 31.6 Å². The second-order valence-electron chi connectivity index (χ2n) is 26.4. The Labute approximate surface area is 661 Å². The van der Waals surface area contributed by atoms with Crippen molar-refractivity contribution in [3.05, 3.63) is 71.8 Å². The molecule has 40 nitrogen and oxygen atoms in total. The van der Waals surface area contributed by atoms with E-state index in [0.29, 0.717) is 36.8 Å². The number of rotatable bonds is 54. The van der Waals surface area contributed by atoms with Crippen LogP contribution in [0.3, 0.4) is 0 Å². The van der Waals surface area contributed by atoms with Gasteiger partial charge in [-0.1, -0.05) is 101 Å². The second kappa shape index (κ2) is 53.1. The molecule has 0 saturated carbocycles. The number of amides is 13. The number of aliphatic imine (C=N–C) groups is 3. The lowest BCUT2D eigenvalue weighted by Gasteiger charge is -2.30. The fraction of sp³-hybridized carbons (Fsp3) is 0.571. The first-order valence-corrected chi connectivity index (χ1v) is 37.8. The molecular formula is C70H114N24O16S2. The fourth-order valence-electron chi connectivity index (χ4n) is 10.6. The van der Waals surface area contributed by atoms with Crippen molar-refractivity contribution in [1.29, 1.82) is 0 Å². The quantitative estimate of drug-likeness (QED) is 0.00962. The van der Waals surface area contributed by atoms with Crippen molar-refractivity contribution in [3.8, 4) is 0 Å². The number of benzene rings is 2. The molecule has 0 aliphatic heterocycles. The van der Waals surface area contributed by atoms with Gasteiger partial charge in [-0.15, -0.1) is 0 Å². The molecule has 0 spiro atoms. The van der Waals surface area contributed by atoms with Crippen LogP contribution in [0.15, 0.2) is 75.6 Å². The number of hydrogen-bond donors (Lipinski definition) is 24. The molecule has 0 radical (unpaired) electrons. The van der Waals surface area contributed by atoms with Gasteiger partial charge >= 0.3 is 5.97 Å². The number of carboxylic acid groups (broad SMARTS) is 1. The average molecular weight is 1610 g/mol. The Morgan fingerprint density at radius 1 is 0.429 bits per heavy atom. The molecule has 622 valence electrons.